The van der Waals surface area contributed by atoms with Crippen LogP contribution in [-0.2, 0) is 14.3 Å². The van der Waals surface area contributed by atoms with Gasteiger partial charge in [-0.3, -0.25) is 0 Å². The summed E-state index contributed by atoms with van der Waals surface area (Å²) >= 11 is 0. The molecule has 2 rings (SSSR count). The van der Waals surface area contributed by atoms with Crippen LogP contribution < -0.4 is 4.74 Å². The van der Waals surface area contributed by atoms with Gasteiger partial charge in [-0.25, -0.2) is 9.59 Å². The summed E-state index contributed by atoms with van der Waals surface area (Å²) in [4.78, 5) is 22.8. The molecule has 0 saturated heterocycles. The van der Waals surface area contributed by atoms with Gasteiger partial charge in [-0.15, -0.1) is 0 Å². The van der Waals surface area contributed by atoms with Crippen molar-refractivity contribution in [2.24, 2.45) is 0 Å². The Bertz CT molecular complexity index is 838. The predicted molar refractivity (Wildman–Crippen MR) is 96.5 cm³/mol. The highest BCUT2D eigenvalue weighted by molar-refractivity contribution is 5.88. The molecule has 0 radical (unpaired) electrons. The summed E-state index contributed by atoms with van der Waals surface area (Å²) in [5.41, 5.74) is 1.93. The van der Waals surface area contributed by atoms with E-state index in [0.717, 1.165) is 23.3 Å². The van der Waals surface area contributed by atoms with Crippen molar-refractivity contribution < 1.29 is 29.3 Å². The Hall–Kier alpha value is -3.38. The van der Waals surface area contributed by atoms with Gasteiger partial charge < -0.3 is 19.7 Å². The van der Waals surface area contributed by atoms with Crippen LogP contribution in [-0.4, -0.2) is 35.4 Å². The molecular weight excluding hydrogens is 336 g/mol. The second kappa shape index (κ2) is 9.19. The summed E-state index contributed by atoms with van der Waals surface area (Å²) < 4.78 is 9.81. The van der Waals surface area contributed by atoms with Crippen LogP contribution in [0.15, 0.2) is 61.2 Å². The lowest BCUT2D eigenvalue weighted by molar-refractivity contribution is -0.138. The van der Waals surface area contributed by atoms with E-state index < -0.39 is 11.9 Å². The van der Waals surface area contributed by atoms with Crippen molar-refractivity contribution in [3.05, 3.63) is 66.8 Å². The first-order valence-electron chi connectivity index (χ1n) is 7.77. The Morgan fingerprint density at radius 3 is 2.58 bits per heavy atom. The first-order chi connectivity index (χ1) is 12.5. The number of hydrogen-bond donors (Lipinski definition) is 2. The Morgan fingerprint density at radius 2 is 1.85 bits per heavy atom. The number of ether oxygens (including phenoxy) is 2. The minimum Gasteiger partial charge on any atom is -0.507 e. The molecule has 0 saturated carbocycles. The van der Waals surface area contributed by atoms with Gasteiger partial charge >= 0.3 is 11.9 Å². The highest BCUT2D eigenvalue weighted by atomic mass is 16.5. The van der Waals surface area contributed by atoms with E-state index in [1.807, 2.05) is 6.07 Å². The number of carbonyl (C=O) groups excluding carboxylic acids is 2. The van der Waals surface area contributed by atoms with E-state index in [0.29, 0.717) is 11.3 Å². The molecule has 0 bridgehead atoms. The second-order valence-electron chi connectivity index (χ2n) is 5.15. The summed E-state index contributed by atoms with van der Waals surface area (Å²) in [7, 11) is 0. The number of aliphatic hydroxyl groups excluding tert-OH is 1. The number of aromatic hydroxyl groups is 1. The van der Waals surface area contributed by atoms with Crippen molar-refractivity contribution in [3.63, 3.8) is 0 Å². The zero-order valence-corrected chi connectivity index (χ0v) is 13.9. The van der Waals surface area contributed by atoms with Crippen LogP contribution in [0.5, 0.6) is 11.5 Å². The van der Waals surface area contributed by atoms with Gasteiger partial charge in [-0.05, 0) is 41.5 Å². The maximum Gasteiger partial charge on any atom is 0.335 e. The summed E-state index contributed by atoms with van der Waals surface area (Å²) in [5, 5.41) is 18.6. The largest absolute Gasteiger partial charge is 0.507 e. The maximum absolute atomic E-state index is 11.5. The zero-order chi connectivity index (χ0) is 18.9. The molecular formula is C20H18O6. The minimum absolute atomic E-state index is 0.00537. The molecule has 2 N–H and O–H groups in total. The molecule has 6 heteroatoms. The van der Waals surface area contributed by atoms with Crippen molar-refractivity contribution >= 4 is 18.0 Å². The zero-order valence-electron chi connectivity index (χ0n) is 13.9. The minimum atomic E-state index is -0.623. The molecule has 0 heterocycles. The van der Waals surface area contributed by atoms with Gasteiger partial charge in [0.25, 0.3) is 0 Å². The Labute approximate surface area is 150 Å². The molecule has 0 unspecified atom stereocenters. The summed E-state index contributed by atoms with van der Waals surface area (Å²) in [6.07, 6.45) is 3.66. The van der Waals surface area contributed by atoms with Gasteiger partial charge in [0.2, 0.25) is 0 Å². The van der Waals surface area contributed by atoms with Crippen molar-refractivity contribution in [2.45, 2.75) is 0 Å². The molecule has 0 aliphatic carbocycles. The Morgan fingerprint density at radius 1 is 1.08 bits per heavy atom. The summed E-state index contributed by atoms with van der Waals surface area (Å²) in [5.74, 6) is -0.820. The van der Waals surface area contributed by atoms with Crippen LogP contribution in [0.25, 0.3) is 17.2 Å². The number of esters is 2. The number of aliphatic hydroxyl groups is 1. The second-order valence-corrected chi connectivity index (χ2v) is 5.15. The Balaban J connectivity index is 2.25. The summed E-state index contributed by atoms with van der Waals surface area (Å²) in [6.45, 7) is 3.00. The van der Waals surface area contributed by atoms with Crippen LogP contribution in [0.1, 0.15) is 5.56 Å². The average Bonchev–Trinajstić information content (AvgIpc) is 2.65. The topological polar surface area (TPSA) is 93.1 Å². The lowest BCUT2D eigenvalue weighted by atomic mass is 10.0. The highest BCUT2D eigenvalue weighted by Crippen LogP contribution is 2.29. The van der Waals surface area contributed by atoms with Gasteiger partial charge in [0.15, 0.2) is 0 Å². The standard InChI is InChI=1S/C20H18O6/c1-2-19(23)26-17-5-3-4-14(13-17)15-6-8-18(22)16(12-15)7-9-20(24)25-11-10-21/h2-9,12-13,21-22H,1,10-11H2/b9-7+. The highest BCUT2D eigenvalue weighted by Gasteiger charge is 2.06. The third-order valence-electron chi connectivity index (χ3n) is 3.31. The van der Waals surface area contributed by atoms with E-state index in [1.165, 1.54) is 12.1 Å². The lowest BCUT2D eigenvalue weighted by Gasteiger charge is -2.07. The van der Waals surface area contributed by atoms with E-state index >= 15 is 0 Å². The van der Waals surface area contributed by atoms with Crippen molar-refractivity contribution in [3.8, 4) is 22.6 Å². The molecule has 0 aromatic heterocycles. The molecule has 0 aliphatic rings. The Kier molecular flexibility index (Phi) is 6.70. The maximum atomic E-state index is 11.5. The van der Waals surface area contributed by atoms with Crippen molar-refractivity contribution in [2.75, 3.05) is 13.2 Å². The quantitative estimate of drug-likeness (QED) is 0.451. The first kappa shape index (κ1) is 19.0. The predicted octanol–water partition coefficient (Wildman–Crippen LogP) is 2.70. The van der Waals surface area contributed by atoms with Gasteiger partial charge in [-0.2, -0.15) is 0 Å². The van der Waals surface area contributed by atoms with Crippen LogP contribution >= 0.6 is 0 Å². The van der Waals surface area contributed by atoms with Crippen molar-refractivity contribution in [1.82, 2.24) is 0 Å². The SMILES string of the molecule is C=CC(=O)Oc1cccc(-c2ccc(O)c(/C=C/C(=O)OCCO)c2)c1. The van der Waals surface area contributed by atoms with E-state index in [4.69, 9.17) is 14.6 Å². The molecule has 2 aromatic carbocycles. The van der Waals surface area contributed by atoms with E-state index in [2.05, 4.69) is 6.58 Å². The number of hydrogen-bond acceptors (Lipinski definition) is 6. The summed E-state index contributed by atoms with van der Waals surface area (Å²) in [6, 6.07) is 11.7. The van der Waals surface area contributed by atoms with Crippen LogP contribution in [0.3, 0.4) is 0 Å². The number of phenols is 1. The average molecular weight is 354 g/mol. The van der Waals surface area contributed by atoms with E-state index in [-0.39, 0.29) is 19.0 Å². The van der Waals surface area contributed by atoms with E-state index in [9.17, 15) is 14.7 Å². The van der Waals surface area contributed by atoms with Crippen LogP contribution in [0.4, 0.5) is 0 Å². The smallest absolute Gasteiger partial charge is 0.335 e. The molecule has 26 heavy (non-hydrogen) atoms. The lowest BCUT2D eigenvalue weighted by Crippen LogP contribution is -2.04. The molecule has 6 nitrogen and oxygen atoms in total. The van der Waals surface area contributed by atoms with E-state index in [1.54, 1.807) is 30.3 Å². The van der Waals surface area contributed by atoms with Crippen LogP contribution in [0.2, 0.25) is 0 Å². The number of phenolic OH excluding ortho intramolecular Hbond substituents is 1. The fourth-order valence-corrected chi connectivity index (χ4v) is 2.12. The fraction of sp³-hybridized carbons (Fsp3) is 0.100. The normalized spacial score (nSPS) is 10.5. The molecule has 0 spiro atoms. The fourth-order valence-electron chi connectivity index (χ4n) is 2.12. The van der Waals surface area contributed by atoms with Gasteiger partial charge in [-0.1, -0.05) is 24.8 Å². The molecule has 0 aliphatic heterocycles. The number of rotatable bonds is 7. The monoisotopic (exact) mass is 354 g/mol. The van der Waals surface area contributed by atoms with Gasteiger partial charge in [0.1, 0.15) is 18.1 Å². The molecule has 134 valence electrons. The molecule has 0 fully saturated rings. The third-order valence-corrected chi connectivity index (χ3v) is 3.31. The number of benzene rings is 2. The van der Waals surface area contributed by atoms with Crippen LogP contribution in [0, 0.1) is 0 Å². The molecule has 0 atom stereocenters. The number of carbonyl (C=O) groups is 2. The van der Waals surface area contributed by atoms with Gasteiger partial charge in [0.05, 0.1) is 6.61 Å². The third kappa shape index (κ3) is 5.32. The first-order valence-corrected chi connectivity index (χ1v) is 7.77. The molecule has 2 aromatic rings. The molecule has 0 amide bonds. The van der Waals surface area contributed by atoms with Gasteiger partial charge in [0, 0.05) is 17.7 Å². The van der Waals surface area contributed by atoms with Crippen molar-refractivity contribution in [1.29, 1.82) is 0 Å².